The number of carboxylic acid groups (broad SMARTS) is 1. The molecule has 1 heterocycles. The lowest BCUT2D eigenvalue weighted by molar-refractivity contribution is -0.136. The van der Waals surface area contributed by atoms with Crippen LogP contribution >= 0.6 is 0 Å². The summed E-state index contributed by atoms with van der Waals surface area (Å²) >= 11 is 0. The van der Waals surface area contributed by atoms with Crippen LogP contribution in [0, 0.1) is 0 Å². The number of aliphatic carboxylic acids is 1. The molecule has 0 spiro atoms. The number of benzene rings is 3. The maximum Gasteiger partial charge on any atom is 0.303 e. The highest BCUT2D eigenvalue weighted by molar-refractivity contribution is 7.95. The molecule has 0 unspecified atom stereocenters. The van der Waals surface area contributed by atoms with Crippen LogP contribution in [0.25, 0.3) is 21.9 Å². The third-order valence-electron chi connectivity index (χ3n) is 4.77. The molecule has 0 atom stereocenters. The number of sulfonamides is 1. The fourth-order valence-corrected chi connectivity index (χ4v) is 4.44. The Morgan fingerprint density at radius 1 is 0.967 bits per heavy atom. The van der Waals surface area contributed by atoms with Gasteiger partial charge in [-0.2, -0.15) is 12.8 Å². The topological polar surface area (TPSA) is 127 Å². The van der Waals surface area contributed by atoms with E-state index in [1.165, 1.54) is 12.1 Å². The van der Waals surface area contributed by atoms with Gasteiger partial charge in [-0.15, -0.1) is 0 Å². The molecular weight excluding hydrogens is 408 g/mol. The smallest absolute Gasteiger partial charge is 0.303 e. The van der Waals surface area contributed by atoms with Gasteiger partial charge in [-0.3, -0.25) is 10.2 Å². The molecule has 1 aliphatic heterocycles. The number of hydrogen-bond donors (Lipinski definition) is 4. The minimum absolute atomic E-state index is 0.0184. The molecule has 0 saturated heterocycles. The number of phenols is 1. The molecule has 9 heteroatoms. The molecule has 4 N–H and O–H groups in total. The van der Waals surface area contributed by atoms with Crippen molar-refractivity contribution < 1.29 is 28.5 Å². The Kier molecular flexibility index (Phi) is 4.75. The fraction of sp³-hybridized carbons (Fsp3) is 0.0952. The van der Waals surface area contributed by atoms with Gasteiger partial charge < -0.3 is 15.3 Å². The average molecular weight is 426 g/mol. The van der Waals surface area contributed by atoms with Crippen molar-refractivity contribution in [1.82, 2.24) is 5.43 Å². The van der Waals surface area contributed by atoms with Gasteiger partial charge in [0.2, 0.25) is 5.88 Å². The van der Waals surface area contributed by atoms with Crippen LogP contribution in [-0.2, 0) is 21.2 Å². The van der Waals surface area contributed by atoms with Crippen molar-refractivity contribution in [2.45, 2.75) is 12.8 Å². The number of aryl methyl sites for hydroxylation is 1. The molecule has 3 aromatic carbocycles. The summed E-state index contributed by atoms with van der Waals surface area (Å²) in [6.45, 7) is 0. The number of aliphatic hydroxyl groups is 1. The summed E-state index contributed by atoms with van der Waals surface area (Å²) in [7, 11) is -3.96. The first kappa shape index (κ1) is 19.6. The number of fused-ring (bicyclic) bond motifs is 1. The number of aliphatic hydroxyl groups excluding tert-OH is 1. The van der Waals surface area contributed by atoms with E-state index in [0.29, 0.717) is 27.0 Å². The molecule has 4 rings (SSSR count). The van der Waals surface area contributed by atoms with Crippen molar-refractivity contribution in [3.05, 3.63) is 71.5 Å². The molecule has 0 amide bonds. The maximum absolute atomic E-state index is 12.2. The zero-order valence-corrected chi connectivity index (χ0v) is 16.4. The lowest BCUT2D eigenvalue weighted by atomic mass is 9.98. The molecule has 0 aliphatic carbocycles. The summed E-state index contributed by atoms with van der Waals surface area (Å²) in [6.07, 6.45) is 0.464. The summed E-state index contributed by atoms with van der Waals surface area (Å²) in [4.78, 5) is 10.8. The molecule has 0 aromatic heterocycles. The van der Waals surface area contributed by atoms with E-state index in [-0.39, 0.29) is 17.9 Å². The van der Waals surface area contributed by atoms with E-state index in [1.807, 2.05) is 36.4 Å². The zero-order valence-electron chi connectivity index (χ0n) is 15.6. The highest BCUT2D eigenvalue weighted by atomic mass is 32.2. The highest BCUT2D eigenvalue weighted by Crippen LogP contribution is 2.36. The number of phenolic OH excluding ortho intramolecular Hbond substituents is 1. The van der Waals surface area contributed by atoms with Crippen LogP contribution in [-0.4, -0.2) is 29.7 Å². The van der Waals surface area contributed by atoms with Gasteiger partial charge >= 0.3 is 5.97 Å². The Balaban J connectivity index is 1.74. The van der Waals surface area contributed by atoms with E-state index >= 15 is 0 Å². The van der Waals surface area contributed by atoms with Crippen molar-refractivity contribution in [1.29, 1.82) is 0 Å². The lowest BCUT2D eigenvalue weighted by Crippen LogP contribution is -2.35. The minimum Gasteiger partial charge on any atom is -0.506 e. The van der Waals surface area contributed by atoms with Crippen LogP contribution in [0.4, 0.5) is 5.69 Å². The van der Waals surface area contributed by atoms with Gasteiger partial charge in [0, 0.05) is 6.42 Å². The van der Waals surface area contributed by atoms with Gasteiger partial charge in [0.05, 0.1) is 0 Å². The number of carbonyl (C=O) groups is 1. The van der Waals surface area contributed by atoms with Gasteiger partial charge in [-0.25, -0.2) is 0 Å². The van der Waals surface area contributed by atoms with Gasteiger partial charge in [0.1, 0.15) is 16.8 Å². The molecule has 3 aromatic rings. The Labute approximate surface area is 172 Å². The molecule has 0 bridgehead atoms. The van der Waals surface area contributed by atoms with E-state index in [0.717, 1.165) is 16.7 Å². The summed E-state index contributed by atoms with van der Waals surface area (Å²) in [5, 5.41) is 30.7. The van der Waals surface area contributed by atoms with Crippen molar-refractivity contribution >= 4 is 32.5 Å². The average Bonchev–Trinajstić information content (AvgIpc) is 2.97. The Morgan fingerprint density at radius 2 is 1.73 bits per heavy atom. The van der Waals surface area contributed by atoms with E-state index in [1.54, 1.807) is 6.07 Å². The first-order chi connectivity index (χ1) is 14.2. The molecule has 0 fully saturated rings. The highest BCUT2D eigenvalue weighted by Gasteiger charge is 2.30. The van der Waals surface area contributed by atoms with Crippen LogP contribution in [0.2, 0.25) is 0 Å². The van der Waals surface area contributed by atoms with Gasteiger partial charge in [-0.1, -0.05) is 36.4 Å². The number of nitrogens with one attached hydrogen (secondary N) is 1. The van der Waals surface area contributed by atoms with Gasteiger partial charge in [0.15, 0.2) is 0 Å². The first-order valence-electron chi connectivity index (χ1n) is 9.03. The largest absolute Gasteiger partial charge is 0.506 e. The van der Waals surface area contributed by atoms with E-state index in [2.05, 4.69) is 5.43 Å². The SMILES string of the molecule is O=C(O)CCc1cccc(-c2ccc3cc(O)c(N4NC(O)=CS4(=O)=O)cc3c2)c1. The zero-order chi connectivity index (χ0) is 21.5. The molecule has 30 heavy (non-hydrogen) atoms. The third kappa shape index (κ3) is 3.74. The van der Waals surface area contributed by atoms with Gasteiger partial charge in [0.25, 0.3) is 10.0 Å². The molecule has 1 aliphatic rings. The summed E-state index contributed by atoms with van der Waals surface area (Å²) in [5.74, 6) is -1.66. The quantitative estimate of drug-likeness (QED) is 0.493. The predicted molar refractivity (Wildman–Crippen MR) is 112 cm³/mol. The standard InChI is InChI=1S/C21H18N2O6S/c24-19-11-16-6-5-15(14-3-1-2-13(8-14)4-7-21(26)27)9-17(16)10-18(19)23-22-20(25)12-30(23,28)29/h1-3,5-6,8-12,22,24-25H,4,7H2,(H,26,27). The monoisotopic (exact) mass is 426 g/mol. The number of hydrogen-bond acceptors (Lipinski definition) is 6. The maximum atomic E-state index is 12.2. The van der Waals surface area contributed by atoms with Crippen molar-refractivity contribution in [3.63, 3.8) is 0 Å². The number of nitrogens with zero attached hydrogens (tertiary/aromatic N) is 1. The third-order valence-corrected chi connectivity index (χ3v) is 6.09. The number of hydrazine groups is 1. The predicted octanol–water partition coefficient (Wildman–Crippen LogP) is 3.24. The van der Waals surface area contributed by atoms with Crippen LogP contribution in [0.1, 0.15) is 12.0 Å². The lowest BCUT2D eigenvalue weighted by Gasteiger charge is -2.19. The molecule has 0 radical (unpaired) electrons. The van der Waals surface area contributed by atoms with Crippen molar-refractivity contribution in [2.24, 2.45) is 0 Å². The van der Waals surface area contributed by atoms with Crippen LogP contribution in [0.5, 0.6) is 5.75 Å². The number of aromatic hydroxyl groups is 1. The fourth-order valence-electron chi connectivity index (χ4n) is 3.36. The van der Waals surface area contributed by atoms with Gasteiger partial charge in [-0.05, 0) is 52.1 Å². The van der Waals surface area contributed by atoms with Crippen molar-refractivity contribution in [2.75, 3.05) is 4.41 Å². The second-order valence-electron chi connectivity index (χ2n) is 6.92. The summed E-state index contributed by atoms with van der Waals surface area (Å²) < 4.78 is 25.0. The van der Waals surface area contributed by atoms with E-state index in [9.17, 15) is 23.4 Å². The number of rotatable bonds is 5. The minimum atomic E-state index is -3.96. The molecule has 8 nitrogen and oxygen atoms in total. The summed E-state index contributed by atoms with van der Waals surface area (Å²) in [5.41, 5.74) is 4.92. The Hall–Kier alpha value is -3.72. The Bertz CT molecular complexity index is 1300. The second kappa shape index (κ2) is 7.27. The second-order valence-corrected chi connectivity index (χ2v) is 8.55. The van der Waals surface area contributed by atoms with E-state index < -0.39 is 21.9 Å². The summed E-state index contributed by atoms with van der Waals surface area (Å²) in [6, 6.07) is 16.0. The van der Waals surface area contributed by atoms with Crippen molar-refractivity contribution in [3.8, 4) is 16.9 Å². The molecule has 0 saturated carbocycles. The Morgan fingerprint density at radius 3 is 2.43 bits per heavy atom. The van der Waals surface area contributed by atoms with Crippen LogP contribution in [0.3, 0.4) is 0 Å². The normalized spacial score (nSPS) is 15.1. The van der Waals surface area contributed by atoms with Crippen LogP contribution < -0.4 is 9.84 Å². The number of carboxylic acids is 1. The van der Waals surface area contributed by atoms with E-state index in [4.69, 9.17) is 5.11 Å². The molecule has 154 valence electrons. The first-order valence-corrected chi connectivity index (χ1v) is 10.5. The molecular formula is C21H18N2O6S. The number of anilines is 1. The van der Waals surface area contributed by atoms with Crippen LogP contribution in [0.15, 0.2) is 65.9 Å².